The van der Waals surface area contributed by atoms with Crippen molar-refractivity contribution in [3.63, 3.8) is 0 Å². The lowest BCUT2D eigenvalue weighted by molar-refractivity contribution is 0.883. The second-order valence-corrected chi connectivity index (χ2v) is 9.57. The highest BCUT2D eigenvalue weighted by Gasteiger charge is 2.40. The van der Waals surface area contributed by atoms with Gasteiger partial charge in [0.25, 0.3) is 0 Å². The third-order valence-electron chi connectivity index (χ3n) is 4.69. The van der Waals surface area contributed by atoms with E-state index in [-0.39, 0.29) is 0 Å². The smallest absolute Gasteiger partial charge is 0.0471 e. The Hall–Kier alpha value is -0.860. The summed E-state index contributed by atoms with van der Waals surface area (Å²) < 4.78 is 0.801. The highest BCUT2D eigenvalue weighted by molar-refractivity contribution is 8.07. The fourth-order valence-corrected chi connectivity index (χ4v) is 4.11. The van der Waals surface area contributed by atoms with E-state index in [1.54, 1.807) is 0 Å². The van der Waals surface area contributed by atoms with Crippen LogP contribution in [0.25, 0.3) is 0 Å². The Kier molecular flexibility index (Phi) is 3.16. The highest BCUT2D eigenvalue weighted by atomic mass is 32.2. The molecule has 2 aromatic carbocycles. The molecule has 0 bridgehead atoms. The molecule has 21 heavy (non-hydrogen) atoms. The molecule has 108 valence electrons. The quantitative estimate of drug-likeness (QED) is 0.712. The van der Waals surface area contributed by atoms with Crippen molar-refractivity contribution in [2.24, 2.45) is 0 Å². The van der Waals surface area contributed by atoms with Gasteiger partial charge >= 0.3 is 0 Å². The Balaban J connectivity index is 1.48. The van der Waals surface area contributed by atoms with Crippen LogP contribution < -0.4 is 0 Å². The van der Waals surface area contributed by atoms with Gasteiger partial charge in [-0.3, -0.25) is 0 Å². The molecule has 2 heteroatoms. The van der Waals surface area contributed by atoms with E-state index in [0.717, 1.165) is 6.42 Å². The Morgan fingerprint density at radius 2 is 1.05 bits per heavy atom. The lowest BCUT2D eigenvalue weighted by Gasteiger charge is -2.10. The van der Waals surface area contributed by atoms with Crippen LogP contribution in [0.5, 0.6) is 0 Å². The number of thioether (sulfide) groups is 2. The Labute approximate surface area is 135 Å². The molecular formula is C19H20S2. The number of rotatable bonds is 4. The molecular weight excluding hydrogens is 292 g/mol. The molecule has 2 atom stereocenters. The van der Waals surface area contributed by atoms with Gasteiger partial charge in [0.1, 0.15) is 0 Å². The van der Waals surface area contributed by atoms with Gasteiger partial charge in [0.15, 0.2) is 0 Å². The summed E-state index contributed by atoms with van der Waals surface area (Å²) in [7, 11) is 0. The summed E-state index contributed by atoms with van der Waals surface area (Å²) >= 11 is 4.08. The van der Waals surface area contributed by atoms with Crippen molar-refractivity contribution in [1.82, 2.24) is 0 Å². The van der Waals surface area contributed by atoms with Gasteiger partial charge in [-0.2, -0.15) is 0 Å². The third-order valence-corrected chi connectivity index (χ3v) is 7.47. The molecule has 2 aliphatic rings. The third kappa shape index (κ3) is 2.76. The van der Waals surface area contributed by atoms with Gasteiger partial charge in [-0.15, -0.1) is 23.5 Å². The fraction of sp³-hybridized carbons (Fsp3) is 0.368. The minimum absolute atomic E-state index is 0.400. The minimum Gasteiger partial charge on any atom is -0.148 e. The zero-order chi connectivity index (χ0) is 14.5. The Morgan fingerprint density at radius 1 is 0.714 bits per heavy atom. The molecule has 4 rings (SSSR count). The topological polar surface area (TPSA) is 0 Å². The van der Waals surface area contributed by atoms with Crippen LogP contribution in [-0.2, 0) is 15.9 Å². The minimum atomic E-state index is 0.400. The van der Waals surface area contributed by atoms with Crippen LogP contribution >= 0.6 is 23.5 Å². The van der Waals surface area contributed by atoms with Crippen molar-refractivity contribution in [3.05, 3.63) is 70.8 Å². The molecule has 2 aliphatic heterocycles. The maximum Gasteiger partial charge on any atom is 0.0471 e. The molecule has 0 saturated carbocycles. The highest BCUT2D eigenvalue weighted by Crippen LogP contribution is 2.53. The zero-order valence-electron chi connectivity index (χ0n) is 12.6. The van der Waals surface area contributed by atoms with Gasteiger partial charge in [-0.1, -0.05) is 48.5 Å². The van der Waals surface area contributed by atoms with Crippen LogP contribution in [0.1, 0.15) is 36.1 Å². The number of benzene rings is 2. The molecule has 0 spiro atoms. The summed E-state index contributed by atoms with van der Waals surface area (Å²) in [6.45, 7) is 4.67. The van der Waals surface area contributed by atoms with E-state index in [1.807, 2.05) is 23.5 Å². The van der Waals surface area contributed by atoms with Crippen molar-refractivity contribution < 1.29 is 0 Å². The second-order valence-electron chi connectivity index (χ2n) is 6.61. The maximum atomic E-state index is 2.34. The van der Waals surface area contributed by atoms with E-state index in [0.29, 0.717) is 9.49 Å². The number of hydrogen-bond donors (Lipinski definition) is 0. The van der Waals surface area contributed by atoms with Crippen molar-refractivity contribution in [1.29, 1.82) is 0 Å². The summed E-state index contributed by atoms with van der Waals surface area (Å²) in [5.74, 6) is 2.54. The first kappa shape index (κ1) is 13.8. The molecule has 0 aliphatic carbocycles. The van der Waals surface area contributed by atoms with E-state index in [1.165, 1.54) is 33.8 Å². The predicted molar refractivity (Wildman–Crippen MR) is 95.3 cm³/mol. The van der Waals surface area contributed by atoms with Gasteiger partial charge in [0.2, 0.25) is 0 Å². The molecule has 2 fully saturated rings. The summed E-state index contributed by atoms with van der Waals surface area (Å²) in [5, 5.41) is 0. The maximum absolute atomic E-state index is 2.34. The lowest BCUT2D eigenvalue weighted by atomic mass is 9.97. The summed E-state index contributed by atoms with van der Waals surface area (Å²) in [6, 6.07) is 18.4. The molecule has 2 saturated heterocycles. The van der Waals surface area contributed by atoms with Gasteiger partial charge in [-0.25, -0.2) is 0 Å². The van der Waals surface area contributed by atoms with E-state index < -0.39 is 0 Å². The second kappa shape index (κ2) is 4.82. The first-order valence-electron chi connectivity index (χ1n) is 7.54. The van der Waals surface area contributed by atoms with Gasteiger partial charge in [-0.05, 0) is 42.5 Å². The summed E-state index contributed by atoms with van der Waals surface area (Å²) in [4.78, 5) is 0. The summed E-state index contributed by atoms with van der Waals surface area (Å²) in [6.07, 6.45) is 1.04. The molecule has 0 N–H and O–H groups in total. The van der Waals surface area contributed by atoms with E-state index in [9.17, 15) is 0 Å². The predicted octanol–water partition coefficient (Wildman–Crippen LogP) is 5.20. The van der Waals surface area contributed by atoms with Crippen molar-refractivity contribution >= 4 is 23.5 Å². The monoisotopic (exact) mass is 312 g/mol. The molecule has 2 aromatic rings. The Morgan fingerprint density at radius 3 is 1.33 bits per heavy atom. The van der Waals surface area contributed by atoms with Crippen molar-refractivity contribution in [3.8, 4) is 0 Å². The molecule has 0 aromatic heterocycles. The lowest BCUT2D eigenvalue weighted by Crippen LogP contribution is -2.01. The molecule has 0 nitrogen and oxygen atoms in total. The SMILES string of the molecule is CC1(c2ccc(Cc3ccc(C4(C)CS4)cc3)cc2)CS1. The molecule has 2 unspecified atom stereocenters. The average Bonchev–Trinajstić information content (AvgIpc) is 3.41. The van der Waals surface area contributed by atoms with Crippen LogP contribution in [-0.4, -0.2) is 11.5 Å². The van der Waals surface area contributed by atoms with E-state index in [2.05, 4.69) is 62.4 Å². The molecule has 0 amide bonds. The van der Waals surface area contributed by atoms with Gasteiger partial charge < -0.3 is 0 Å². The Bertz CT molecular complexity index is 587. The van der Waals surface area contributed by atoms with Crippen molar-refractivity contribution in [2.45, 2.75) is 29.8 Å². The fourth-order valence-electron chi connectivity index (χ4n) is 2.74. The standard InChI is InChI=1S/C19H20S2/c1-18(12-20-18)16-7-3-14(4-8-16)11-15-5-9-17(10-6-15)19(2)13-21-19/h3-10H,11-13H2,1-2H3. The first-order chi connectivity index (χ1) is 10.1. The van der Waals surface area contributed by atoms with Crippen molar-refractivity contribution in [2.75, 3.05) is 11.5 Å². The normalized spacial score (nSPS) is 30.2. The average molecular weight is 313 g/mol. The van der Waals surface area contributed by atoms with Gasteiger partial charge in [0, 0.05) is 21.0 Å². The van der Waals surface area contributed by atoms with Gasteiger partial charge in [0.05, 0.1) is 0 Å². The first-order valence-corrected chi connectivity index (χ1v) is 9.51. The largest absolute Gasteiger partial charge is 0.148 e. The number of hydrogen-bond acceptors (Lipinski definition) is 2. The zero-order valence-corrected chi connectivity index (χ0v) is 14.2. The van der Waals surface area contributed by atoms with Crippen LogP contribution in [0.2, 0.25) is 0 Å². The van der Waals surface area contributed by atoms with Crippen LogP contribution in [0.3, 0.4) is 0 Å². The summed E-state index contributed by atoms with van der Waals surface area (Å²) in [5.41, 5.74) is 5.77. The van der Waals surface area contributed by atoms with Crippen LogP contribution in [0.15, 0.2) is 48.5 Å². The van der Waals surface area contributed by atoms with E-state index >= 15 is 0 Å². The van der Waals surface area contributed by atoms with E-state index in [4.69, 9.17) is 0 Å². The van der Waals surface area contributed by atoms with Crippen LogP contribution in [0.4, 0.5) is 0 Å². The van der Waals surface area contributed by atoms with Crippen LogP contribution in [0, 0.1) is 0 Å². The molecule has 0 radical (unpaired) electrons. The molecule has 2 heterocycles.